The fourth-order valence-electron chi connectivity index (χ4n) is 2.48. The summed E-state index contributed by atoms with van der Waals surface area (Å²) in [4.78, 5) is 1.22. The van der Waals surface area contributed by atoms with Crippen molar-refractivity contribution in [2.45, 2.75) is 44.0 Å². The first-order valence-electron chi connectivity index (χ1n) is 7.04. The van der Waals surface area contributed by atoms with Crippen molar-refractivity contribution in [3.05, 3.63) is 35.7 Å². The zero-order valence-corrected chi connectivity index (χ0v) is 13.2. The minimum absolute atomic E-state index is 0.439. The third-order valence-corrected chi connectivity index (χ3v) is 4.37. The Kier molecular flexibility index (Phi) is 5.20. The molecular weight excluding hydrogens is 268 g/mol. The summed E-state index contributed by atoms with van der Waals surface area (Å²) >= 11 is 1.73. The molecule has 1 aromatic carbocycles. The highest BCUT2D eigenvalue weighted by Gasteiger charge is 2.20. The maximum absolute atomic E-state index is 5.83. The minimum atomic E-state index is 0.439. The van der Waals surface area contributed by atoms with Crippen LogP contribution in [0.1, 0.15) is 44.0 Å². The van der Waals surface area contributed by atoms with E-state index < -0.39 is 0 Å². The first-order valence-corrected chi connectivity index (χ1v) is 8.26. The Morgan fingerprint density at radius 3 is 2.65 bits per heavy atom. The summed E-state index contributed by atoms with van der Waals surface area (Å²) in [6.45, 7) is 4.84. The van der Waals surface area contributed by atoms with Gasteiger partial charge < -0.3 is 5.73 Å². The summed E-state index contributed by atoms with van der Waals surface area (Å²) in [6.07, 6.45) is 4.21. The van der Waals surface area contributed by atoms with Crippen LogP contribution in [0.5, 0.6) is 0 Å². The van der Waals surface area contributed by atoms with Crippen LogP contribution in [0.2, 0.25) is 0 Å². The molecule has 0 saturated heterocycles. The molecule has 0 amide bonds. The number of hydrogen-bond acceptors (Lipinski definition) is 4. The number of nitrogens with two attached hydrogens (primary N) is 1. The van der Waals surface area contributed by atoms with Crippen LogP contribution in [0.3, 0.4) is 0 Å². The van der Waals surface area contributed by atoms with Gasteiger partial charge in [0.15, 0.2) is 0 Å². The van der Waals surface area contributed by atoms with Gasteiger partial charge in [0.1, 0.15) is 5.69 Å². The molecule has 0 unspecified atom stereocenters. The zero-order chi connectivity index (χ0) is 14.5. The van der Waals surface area contributed by atoms with E-state index in [-0.39, 0.29) is 0 Å². The average Bonchev–Trinajstić information content (AvgIpc) is 2.92. The lowest BCUT2D eigenvalue weighted by atomic mass is 9.97. The van der Waals surface area contributed by atoms with Crippen LogP contribution in [-0.2, 0) is 6.54 Å². The molecule has 0 fully saturated rings. The molecule has 2 rings (SSSR count). The quantitative estimate of drug-likeness (QED) is 0.829. The first-order chi connectivity index (χ1) is 9.74. The van der Waals surface area contributed by atoms with E-state index in [9.17, 15) is 0 Å². The molecule has 0 atom stereocenters. The number of nitrogens with zero attached hydrogens (tertiary/aromatic N) is 3. The third kappa shape index (κ3) is 2.88. The molecule has 0 aliphatic carbocycles. The molecule has 0 aliphatic heterocycles. The number of hydrogen-bond donors (Lipinski definition) is 1. The Morgan fingerprint density at radius 2 is 2.05 bits per heavy atom. The Labute approximate surface area is 124 Å². The normalized spacial score (nSPS) is 11.2. The Morgan fingerprint density at radius 1 is 1.30 bits per heavy atom. The van der Waals surface area contributed by atoms with E-state index >= 15 is 0 Å². The second-order valence-electron chi connectivity index (χ2n) is 4.75. The van der Waals surface area contributed by atoms with Gasteiger partial charge in [-0.05, 0) is 37.3 Å². The largest absolute Gasteiger partial charge is 0.325 e. The van der Waals surface area contributed by atoms with Crippen molar-refractivity contribution in [3.8, 4) is 5.69 Å². The Hall–Kier alpha value is -1.33. The second-order valence-corrected chi connectivity index (χ2v) is 5.63. The van der Waals surface area contributed by atoms with E-state index in [1.165, 1.54) is 4.90 Å². The molecule has 0 spiro atoms. The van der Waals surface area contributed by atoms with Crippen molar-refractivity contribution in [1.82, 2.24) is 15.0 Å². The molecule has 1 heterocycles. The van der Waals surface area contributed by atoms with E-state index in [4.69, 9.17) is 5.73 Å². The van der Waals surface area contributed by atoms with E-state index in [0.29, 0.717) is 12.5 Å². The molecule has 0 bridgehead atoms. The molecule has 5 heteroatoms. The van der Waals surface area contributed by atoms with Crippen molar-refractivity contribution in [2.24, 2.45) is 5.73 Å². The predicted molar refractivity (Wildman–Crippen MR) is 84.4 cm³/mol. The Balaban J connectivity index is 2.53. The molecule has 0 aliphatic rings. The standard InChI is InChI=1S/C15H22N4S/c1-4-11(5-2)15-14(10-16)17-18-19(15)12-7-6-8-13(9-12)20-3/h6-9,11H,4-5,10,16H2,1-3H3. The highest BCUT2D eigenvalue weighted by Crippen LogP contribution is 2.28. The highest BCUT2D eigenvalue weighted by molar-refractivity contribution is 7.98. The number of aromatic nitrogens is 3. The number of thioether (sulfide) groups is 1. The van der Waals surface area contributed by atoms with Crippen LogP contribution in [0.4, 0.5) is 0 Å². The molecule has 1 aromatic heterocycles. The van der Waals surface area contributed by atoms with E-state index in [1.807, 2.05) is 4.68 Å². The van der Waals surface area contributed by atoms with Crippen molar-refractivity contribution in [2.75, 3.05) is 6.26 Å². The van der Waals surface area contributed by atoms with Gasteiger partial charge in [-0.1, -0.05) is 25.1 Å². The molecule has 2 aromatic rings. The molecule has 0 saturated carbocycles. The maximum Gasteiger partial charge on any atom is 0.100 e. The summed E-state index contributed by atoms with van der Waals surface area (Å²) < 4.78 is 1.96. The van der Waals surface area contributed by atoms with Crippen LogP contribution in [0.25, 0.3) is 5.69 Å². The van der Waals surface area contributed by atoms with Crippen LogP contribution in [-0.4, -0.2) is 21.2 Å². The number of benzene rings is 1. The average molecular weight is 290 g/mol. The van der Waals surface area contributed by atoms with E-state index in [1.54, 1.807) is 11.8 Å². The van der Waals surface area contributed by atoms with Gasteiger partial charge in [0.25, 0.3) is 0 Å². The molecule has 20 heavy (non-hydrogen) atoms. The maximum atomic E-state index is 5.83. The lowest BCUT2D eigenvalue weighted by Gasteiger charge is -2.16. The van der Waals surface area contributed by atoms with Gasteiger partial charge in [0.05, 0.1) is 11.4 Å². The van der Waals surface area contributed by atoms with Crippen LogP contribution >= 0.6 is 11.8 Å². The van der Waals surface area contributed by atoms with Crippen molar-refractivity contribution in [3.63, 3.8) is 0 Å². The van der Waals surface area contributed by atoms with Crippen LogP contribution in [0.15, 0.2) is 29.2 Å². The van der Waals surface area contributed by atoms with Crippen molar-refractivity contribution < 1.29 is 0 Å². The van der Waals surface area contributed by atoms with Gasteiger partial charge in [-0.25, -0.2) is 4.68 Å². The molecular formula is C15H22N4S. The summed E-state index contributed by atoms with van der Waals surface area (Å²) in [6, 6.07) is 8.37. The minimum Gasteiger partial charge on any atom is -0.325 e. The summed E-state index contributed by atoms with van der Waals surface area (Å²) in [7, 11) is 0. The van der Waals surface area contributed by atoms with Gasteiger partial charge >= 0.3 is 0 Å². The topological polar surface area (TPSA) is 56.7 Å². The lowest BCUT2D eigenvalue weighted by Crippen LogP contribution is -2.10. The SMILES string of the molecule is CCC(CC)c1c(CN)nnn1-c1cccc(SC)c1. The van der Waals surface area contributed by atoms with Crippen molar-refractivity contribution in [1.29, 1.82) is 0 Å². The zero-order valence-electron chi connectivity index (χ0n) is 12.3. The summed E-state index contributed by atoms with van der Waals surface area (Å²) in [5.41, 5.74) is 8.96. The molecule has 0 radical (unpaired) electrons. The highest BCUT2D eigenvalue weighted by atomic mass is 32.2. The number of rotatable bonds is 6. The third-order valence-electron chi connectivity index (χ3n) is 3.64. The predicted octanol–water partition coefficient (Wildman–Crippen LogP) is 3.35. The van der Waals surface area contributed by atoms with Crippen molar-refractivity contribution >= 4 is 11.8 Å². The second kappa shape index (κ2) is 6.90. The van der Waals surface area contributed by atoms with E-state index in [2.05, 4.69) is 54.7 Å². The summed E-state index contributed by atoms with van der Waals surface area (Å²) in [5, 5.41) is 8.59. The fraction of sp³-hybridized carbons (Fsp3) is 0.467. The van der Waals surface area contributed by atoms with E-state index in [0.717, 1.165) is 29.9 Å². The molecule has 4 nitrogen and oxygen atoms in total. The first kappa shape index (κ1) is 15.1. The van der Waals surface area contributed by atoms with Gasteiger partial charge in [0, 0.05) is 17.4 Å². The molecule has 2 N–H and O–H groups in total. The van der Waals surface area contributed by atoms with Crippen LogP contribution < -0.4 is 5.73 Å². The fourth-order valence-corrected chi connectivity index (χ4v) is 2.94. The summed E-state index contributed by atoms with van der Waals surface area (Å²) in [5.74, 6) is 0.446. The monoisotopic (exact) mass is 290 g/mol. The smallest absolute Gasteiger partial charge is 0.100 e. The lowest BCUT2D eigenvalue weighted by molar-refractivity contribution is 0.590. The van der Waals surface area contributed by atoms with Gasteiger partial charge in [0.2, 0.25) is 0 Å². The van der Waals surface area contributed by atoms with Gasteiger partial charge in [-0.2, -0.15) is 0 Å². The molecule has 108 valence electrons. The van der Waals surface area contributed by atoms with Gasteiger partial charge in [-0.3, -0.25) is 0 Å². The Bertz CT molecular complexity index is 561. The van der Waals surface area contributed by atoms with Gasteiger partial charge in [-0.15, -0.1) is 16.9 Å². The van der Waals surface area contributed by atoms with Crippen LogP contribution in [0, 0.1) is 0 Å².